The number of rotatable bonds is 3. The number of hydrogen-bond acceptors (Lipinski definition) is 3. The first-order chi connectivity index (χ1) is 14.3. The predicted molar refractivity (Wildman–Crippen MR) is 105 cm³/mol. The first kappa shape index (κ1) is 20.4. The number of amides is 1. The van der Waals surface area contributed by atoms with E-state index in [-0.39, 0.29) is 40.9 Å². The number of carbonyl (C=O) groups excluding carboxylic acids is 1. The normalized spacial score (nSPS) is 16.7. The number of carbonyl (C=O) groups is 1. The van der Waals surface area contributed by atoms with E-state index in [2.05, 4.69) is 5.10 Å². The van der Waals surface area contributed by atoms with Crippen LogP contribution in [-0.4, -0.2) is 40.3 Å². The van der Waals surface area contributed by atoms with Gasteiger partial charge in [0.25, 0.3) is 5.91 Å². The molecule has 5 nitrogen and oxygen atoms in total. The van der Waals surface area contributed by atoms with Crippen LogP contribution in [0.15, 0.2) is 42.6 Å². The van der Waals surface area contributed by atoms with Crippen LogP contribution in [0.4, 0.5) is 13.2 Å². The van der Waals surface area contributed by atoms with Gasteiger partial charge in [-0.05, 0) is 29.8 Å². The number of ether oxygens (including phenoxy) is 1. The monoisotopic (exact) mass is 435 g/mol. The Morgan fingerprint density at radius 2 is 1.97 bits per heavy atom. The van der Waals surface area contributed by atoms with Gasteiger partial charge in [0.1, 0.15) is 29.2 Å². The minimum atomic E-state index is -0.802. The molecule has 1 unspecified atom stereocenters. The van der Waals surface area contributed by atoms with Crippen molar-refractivity contribution in [3.05, 3.63) is 76.2 Å². The van der Waals surface area contributed by atoms with Crippen LogP contribution in [0.2, 0.25) is 5.02 Å². The van der Waals surface area contributed by atoms with Crippen LogP contribution in [-0.2, 0) is 11.8 Å². The lowest BCUT2D eigenvalue weighted by Gasteiger charge is -2.33. The zero-order chi connectivity index (χ0) is 21.4. The average Bonchev–Trinajstić information content (AvgIpc) is 3.11. The molecule has 1 saturated heterocycles. The van der Waals surface area contributed by atoms with Gasteiger partial charge >= 0.3 is 0 Å². The molecule has 0 radical (unpaired) electrons. The summed E-state index contributed by atoms with van der Waals surface area (Å²) in [4.78, 5) is 14.8. The number of aromatic nitrogens is 2. The highest BCUT2D eigenvalue weighted by Gasteiger charge is 2.30. The predicted octanol–water partition coefficient (Wildman–Crippen LogP) is 4.37. The standard InChI is InChI=1S/C21H17ClF3N3O2/c1-27-10-15(20(26-27)14-4-3-13(23)9-18(14)25)21(29)28-6-7-30-19(11-28)12-2-5-17(24)16(22)8-12/h2-5,8-10,19H,6-7,11H2,1H3. The number of aryl methyl sites for hydroxylation is 1. The molecule has 0 N–H and O–H groups in total. The Morgan fingerprint density at radius 1 is 1.17 bits per heavy atom. The molecular weight excluding hydrogens is 419 g/mol. The molecule has 0 saturated carbocycles. The van der Waals surface area contributed by atoms with E-state index in [0.29, 0.717) is 12.1 Å². The quantitative estimate of drug-likeness (QED) is 0.613. The fraction of sp³-hybridized carbons (Fsp3) is 0.238. The van der Waals surface area contributed by atoms with E-state index in [4.69, 9.17) is 16.3 Å². The molecule has 4 rings (SSSR count). The smallest absolute Gasteiger partial charge is 0.257 e. The van der Waals surface area contributed by atoms with Crippen molar-refractivity contribution in [3.63, 3.8) is 0 Å². The molecule has 1 aromatic heterocycles. The molecule has 1 aliphatic rings. The topological polar surface area (TPSA) is 47.4 Å². The van der Waals surface area contributed by atoms with Crippen LogP contribution in [0.3, 0.4) is 0 Å². The van der Waals surface area contributed by atoms with E-state index >= 15 is 0 Å². The second-order valence-electron chi connectivity index (χ2n) is 6.97. The van der Waals surface area contributed by atoms with E-state index < -0.39 is 23.6 Å². The Labute approximate surface area is 175 Å². The molecule has 0 spiro atoms. The third-order valence-electron chi connectivity index (χ3n) is 4.91. The van der Waals surface area contributed by atoms with Crippen molar-refractivity contribution in [1.82, 2.24) is 14.7 Å². The summed E-state index contributed by atoms with van der Waals surface area (Å²) < 4.78 is 48.2. The van der Waals surface area contributed by atoms with Gasteiger partial charge in [0.05, 0.1) is 23.7 Å². The lowest BCUT2D eigenvalue weighted by molar-refractivity contribution is -0.0228. The highest BCUT2D eigenvalue weighted by atomic mass is 35.5. The summed E-state index contributed by atoms with van der Waals surface area (Å²) in [7, 11) is 1.62. The number of benzene rings is 2. The summed E-state index contributed by atoms with van der Waals surface area (Å²) in [5, 5.41) is 4.18. The van der Waals surface area contributed by atoms with Crippen LogP contribution < -0.4 is 0 Å². The average molecular weight is 436 g/mol. The van der Waals surface area contributed by atoms with Gasteiger partial charge < -0.3 is 9.64 Å². The Morgan fingerprint density at radius 3 is 2.70 bits per heavy atom. The molecule has 1 amide bonds. The number of nitrogens with zero attached hydrogens (tertiary/aromatic N) is 3. The zero-order valence-electron chi connectivity index (χ0n) is 15.9. The summed E-state index contributed by atoms with van der Waals surface area (Å²) in [6.07, 6.45) is 1.02. The van der Waals surface area contributed by atoms with Gasteiger partial charge in [-0.15, -0.1) is 0 Å². The molecule has 2 heterocycles. The van der Waals surface area contributed by atoms with Gasteiger partial charge in [-0.2, -0.15) is 5.10 Å². The molecule has 1 aliphatic heterocycles. The summed E-state index contributed by atoms with van der Waals surface area (Å²) >= 11 is 5.86. The summed E-state index contributed by atoms with van der Waals surface area (Å²) in [5.41, 5.74) is 1.01. The molecule has 2 aromatic carbocycles. The molecule has 0 bridgehead atoms. The fourth-order valence-electron chi connectivity index (χ4n) is 3.44. The molecule has 9 heteroatoms. The van der Waals surface area contributed by atoms with Gasteiger partial charge in [0.2, 0.25) is 0 Å². The highest BCUT2D eigenvalue weighted by Crippen LogP contribution is 2.30. The fourth-order valence-corrected chi connectivity index (χ4v) is 3.63. The van der Waals surface area contributed by atoms with Gasteiger partial charge in [0, 0.05) is 31.4 Å². The van der Waals surface area contributed by atoms with E-state index in [1.807, 2.05) is 0 Å². The molecule has 156 valence electrons. The highest BCUT2D eigenvalue weighted by molar-refractivity contribution is 6.30. The Hall–Kier alpha value is -2.84. The summed E-state index contributed by atoms with van der Waals surface area (Å²) in [6.45, 7) is 0.803. The minimum absolute atomic E-state index is 0.0270. The molecule has 1 atom stereocenters. The van der Waals surface area contributed by atoms with Gasteiger partial charge in [-0.25, -0.2) is 13.2 Å². The number of hydrogen-bond donors (Lipinski definition) is 0. The minimum Gasteiger partial charge on any atom is -0.370 e. The molecule has 3 aromatic rings. The third-order valence-corrected chi connectivity index (χ3v) is 5.20. The van der Waals surface area contributed by atoms with Crippen molar-refractivity contribution < 1.29 is 22.7 Å². The second kappa shape index (κ2) is 8.12. The van der Waals surface area contributed by atoms with Crippen molar-refractivity contribution >= 4 is 17.5 Å². The lowest BCUT2D eigenvalue weighted by atomic mass is 10.0. The molecule has 30 heavy (non-hydrogen) atoms. The van der Waals surface area contributed by atoms with Crippen LogP contribution in [0.1, 0.15) is 22.0 Å². The van der Waals surface area contributed by atoms with Crippen LogP contribution in [0.5, 0.6) is 0 Å². The first-order valence-electron chi connectivity index (χ1n) is 9.18. The van der Waals surface area contributed by atoms with E-state index in [9.17, 15) is 18.0 Å². The van der Waals surface area contributed by atoms with Crippen LogP contribution in [0.25, 0.3) is 11.3 Å². The Balaban J connectivity index is 1.62. The molecule has 1 fully saturated rings. The third kappa shape index (κ3) is 3.93. The van der Waals surface area contributed by atoms with E-state index in [1.165, 1.54) is 29.1 Å². The maximum atomic E-state index is 14.3. The molecular formula is C21H17ClF3N3O2. The van der Waals surface area contributed by atoms with Crippen LogP contribution in [0, 0.1) is 17.5 Å². The van der Waals surface area contributed by atoms with Crippen molar-refractivity contribution in [3.8, 4) is 11.3 Å². The largest absolute Gasteiger partial charge is 0.370 e. The summed E-state index contributed by atoms with van der Waals surface area (Å²) in [5.74, 6) is -2.41. The van der Waals surface area contributed by atoms with Crippen molar-refractivity contribution in [1.29, 1.82) is 0 Å². The van der Waals surface area contributed by atoms with Crippen molar-refractivity contribution in [2.45, 2.75) is 6.10 Å². The first-order valence-corrected chi connectivity index (χ1v) is 9.56. The van der Waals surface area contributed by atoms with E-state index in [0.717, 1.165) is 12.1 Å². The Kier molecular flexibility index (Phi) is 5.53. The number of morpholine rings is 1. The maximum absolute atomic E-state index is 14.3. The summed E-state index contributed by atoms with van der Waals surface area (Å²) in [6, 6.07) is 7.40. The van der Waals surface area contributed by atoms with Gasteiger partial charge in [-0.3, -0.25) is 9.48 Å². The SMILES string of the molecule is Cn1cc(C(=O)N2CCOC(c3ccc(F)c(Cl)c3)C2)c(-c2ccc(F)cc2F)n1. The zero-order valence-corrected chi connectivity index (χ0v) is 16.7. The maximum Gasteiger partial charge on any atom is 0.257 e. The second-order valence-corrected chi connectivity index (χ2v) is 7.38. The lowest BCUT2D eigenvalue weighted by Crippen LogP contribution is -2.42. The van der Waals surface area contributed by atoms with Crippen molar-refractivity contribution in [2.75, 3.05) is 19.7 Å². The Bertz CT molecular complexity index is 1120. The van der Waals surface area contributed by atoms with Crippen LogP contribution >= 0.6 is 11.6 Å². The van der Waals surface area contributed by atoms with E-state index in [1.54, 1.807) is 18.0 Å². The molecule has 0 aliphatic carbocycles. The number of halogens is 4. The van der Waals surface area contributed by atoms with Crippen molar-refractivity contribution in [2.24, 2.45) is 7.05 Å². The van der Waals surface area contributed by atoms with Gasteiger partial charge in [0.15, 0.2) is 0 Å². The van der Waals surface area contributed by atoms with Gasteiger partial charge in [-0.1, -0.05) is 17.7 Å².